The minimum absolute atomic E-state index is 0.106. The third-order valence-electron chi connectivity index (χ3n) is 4.97. The van der Waals surface area contributed by atoms with Gasteiger partial charge in [0, 0.05) is 34.6 Å². The molecule has 1 saturated heterocycles. The Bertz CT molecular complexity index is 1040. The number of nitrogens with zero attached hydrogens (tertiary/aromatic N) is 3. The van der Waals surface area contributed by atoms with E-state index in [9.17, 15) is 9.59 Å². The van der Waals surface area contributed by atoms with Crippen molar-refractivity contribution in [2.24, 2.45) is 0 Å². The molecule has 6 nitrogen and oxygen atoms in total. The van der Waals surface area contributed by atoms with Gasteiger partial charge in [-0.3, -0.25) is 9.59 Å². The molecule has 2 aromatic carbocycles. The van der Waals surface area contributed by atoms with Crippen LogP contribution in [-0.4, -0.2) is 45.8 Å². The van der Waals surface area contributed by atoms with E-state index in [-0.39, 0.29) is 17.7 Å². The van der Waals surface area contributed by atoms with Crippen LogP contribution in [0, 0.1) is 0 Å². The van der Waals surface area contributed by atoms with E-state index >= 15 is 0 Å². The van der Waals surface area contributed by atoms with E-state index in [2.05, 4.69) is 15.5 Å². The number of hydrogen-bond acceptors (Lipinski definition) is 6. The van der Waals surface area contributed by atoms with Gasteiger partial charge in [-0.2, -0.15) is 0 Å². The lowest BCUT2D eigenvalue weighted by atomic mass is 9.99. The van der Waals surface area contributed by atoms with Crippen LogP contribution < -0.4 is 5.32 Å². The number of carbonyl (C=O) groups excluding carboxylic acids is 2. The average Bonchev–Trinajstić information content (AvgIpc) is 3.30. The second-order valence-corrected chi connectivity index (χ2v) is 9.68. The number of nitrogens with one attached hydrogen (secondary N) is 1. The molecule has 2 amide bonds. The van der Waals surface area contributed by atoms with Crippen molar-refractivity contribution >= 4 is 52.2 Å². The van der Waals surface area contributed by atoms with E-state index in [1.807, 2.05) is 35.2 Å². The molecule has 0 aliphatic carbocycles. The zero-order chi connectivity index (χ0) is 21.6. The van der Waals surface area contributed by atoms with Gasteiger partial charge in [-0.1, -0.05) is 41.1 Å². The first-order chi connectivity index (χ1) is 15.1. The van der Waals surface area contributed by atoms with E-state index in [0.717, 1.165) is 29.3 Å². The molecule has 0 bridgehead atoms. The summed E-state index contributed by atoms with van der Waals surface area (Å²) >= 11 is 8.72. The molecule has 0 saturated carbocycles. The van der Waals surface area contributed by atoms with Crippen molar-refractivity contribution in [3.63, 3.8) is 0 Å². The molecular weight excluding hydrogens is 452 g/mol. The third kappa shape index (κ3) is 5.84. The van der Waals surface area contributed by atoms with Gasteiger partial charge in [0.15, 0.2) is 0 Å². The van der Waals surface area contributed by atoms with Crippen LogP contribution in [0.4, 0.5) is 5.69 Å². The average molecular weight is 473 g/mol. The first-order valence-corrected chi connectivity index (χ1v) is 12.1. The summed E-state index contributed by atoms with van der Waals surface area (Å²) in [5, 5.41) is 12.8. The Hall–Kier alpha value is -2.42. The van der Waals surface area contributed by atoms with Gasteiger partial charge in [-0.05, 0) is 49.2 Å². The Morgan fingerprint density at radius 3 is 2.68 bits per heavy atom. The normalized spacial score (nSPS) is 16.2. The maximum absolute atomic E-state index is 12.7. The molecule has 3 aromatic rings. The van der Waals surface area contributed by atoms with E-state index in [1.165, 1.54) is 11.3 Å². The molecule has 2 heterocycles. The number of carbonyl (C=O) groups is 2. The number of aromatic nitrogens is 2. The van der Waals surface area contributed by atoms with Crippen LogP contribution in [0.2, 0.25) is 5.02 Å². The van der Waals surface area contributed by atoms with Gasteiger partial charge in [0.1, 0.15) is 5.01 Å². The zero-order valence-corrected chi connectivity index (χ0v) is 19.1. The van der Waals surface area contributed by atoms with Crippen LogP contribution in [0.1, 0.15) is 33.6 Å². The number of rotatable bonds is 6. The minimum atomic E-state index is -0.297. The summed E-state index contributed by atoms with van der Waals surface area (Å²) in [7, 11) is 0. The Labute approximate surface area is 194 Å². The highest BCUT2D eigenvalue weighted by molar-refractivity contribution is 8.00. The molecule has 160 valence electrons. The fourth-order valence-corrected chi connectivity index (χ4v) is 5.18. The van der Waals surface area contributed by atoms with Crippen LogP contribution in [-0.2, 0) is 4.79 Å². The lowest BCUT2D eigenvalue weighted by Crippen LogP contribution is -2.40. The Morgan fingerprint density at radius 1 is 1.13 bits per heavy atom. The van der Waals surface area contributed by atoms with E-state index < -0.39 is 0 Å². The summed E-state index contributed by atoms with van der Waals surface area (Å²) in [6, 6.07) is 16.8. The Morgan fingerprint density at radius 2 is 1.90 bits per heavy atom. The summed E-state index contributed by atoms with van der Waals surface area (Å²) in [6.07, 6.45) is 1.85. The number of amides is 2. The van der Waals surface area contributed by atoms with Crippen molar-refractivity contribution in [2.75, 3.05) is 24.2 Å². The molecule has 1 atom stereocenters. The van der Waals surface area contributed by atoms with Crippen molar-refractivity contribution < 1.29 is 9.59 Å². The SMILES string of the molecule is O=C(Nc1ccc(Cl)cc1)c1nnc([C@H]2CCCN(C(=O)CSc3ccccc3)C2)s1. The van der Waals surface area contributed by atoms with Gasteiger partial charge in [0.25, 0.3) is 5.91 Å². The maximum atomic E-state index is 12.7. The van der Waals surface area contributed by atoms with Crippen molar-refractivity contribution in [1.29, 1.82) is 0 Å². The largest absolute Gasteiger partial charge is 0.341 e. The molecule has 1 aromatic heterocycles. The molecule has 4 rings (SSSR count). The number of halogens is 1. The highest BCUT2D eigenvalue weighted by atomic mass is 35.5. The first-order valence-electron chi connectivity index (χ1n) is 9.94. The van der Waals surface area contributed by atoms with Crippen molar-refractivity contribution in [2.45, 2.75) is 23.7 Å². The van der Waals surface area contributed by atoms with Crippen LogP contribution in [0.15, 0.2) is 59.5 Å². The standard InChI is InChI=1S/C22H21ClN4O2S2/c23-16-8-10-17(11-9-16)24-20(29)22-26-25-21(31-22)15-5-4-12-27(13-15)19(28)14-30-18-6-2-1-3-7-18/h1-3,6-11,15H,4-5,12-14H2,(H,24,29)/t15-/m0/s1. The number of likely N-dealkylation sites (tertiary alicyclic amines) is 1. The molecular formula is C22H21ClN4O2S2. The number of piperidine rings is 1. The molecule has 31 heavy (non-hydrogen) atoms. The highest BCUT2D eigenvalue weighted by Crippen LogP contribution is 2.30. The molecule has 1 N–H and O–H groups in total. The van der Waals surface area contributed by atoms with E-state index in [4.69, 9.17) is 11.6 Å². The van der Waals surface area contributed by atoms with Crippen LogP contribution in [0.25, 0.3) is 0 Å². The third-order valence-corrected chi connectivity index (χ3v) is 7.30. The van der Waals surface area contributed by atoms with Crippen LogP contribution >= 0.6 is 34.7 Å². The fourth-order valence-electron chi connectivity index (χ4n) is 3.37. The molecule has 1 fully saturated rings. The number of benzene rings is 2. The summed E-state index contributed by atoms with van der Waals surface area (Å²) in [4.78, 5) is 28.2. The predicted molar refractivity (Wildman–Crippen MR) is 125 cm³/mol. The smallest absolute Gasteiger partial charge is 0.286 e. The van der Waals surface area contributed by atoms with Gasteiger partial charge < -0.3 is 10.2 Å². The molecule has 9 heteroatoms. The Kier molecular flexibility index (Phi) is 7.21. The van der Waals surface area contributed by atoms with Gasteiger partial charge in [0.05, 0.1) is 5.75 Å². The lowest BCUT2D eigenvalue weighted by molar-refractivity contribution is -0.129. The van der Waals surface area contributed by atoms with E-state index in [1.54, 1.807) is 36.0 Å². The van der Waals surface area contributed by atoms with Crippen molar-refractivity contribution in [3.05, 3.63) is 69.6 Å². The molecule has 1 aliphatic rings. The lowest BCUT2D eigenvalue weighted by Gasteiger charge is -2.31. The molecule has 0 radical (unpaired) electrons. The van der Waals surface area contributed by atoms with Crippen molar-refractivity contribution in [3.8, 4) is 0 Å². The zero-order valence-electron chi connectivity index (χ0n) is 16.7. The first kappa shape index (κ1) is 21.8. The van der Waals surface area contributed by atoms with Gasteiger partial charge in [-0.15, -0.1) is 22.0 Å². The molecule has 1 aliphatic heterocycles. The number of thioether (sulfide) groups is 1. The minimum Gasteiger partial charge on any atom is -0.341 e. The number of anilines is 1. The number of hydrogen-bond donors (Lipinski definition) is 1. The fraction of sp³-hybridized carbons (Fsp3) is 0.273. The predicted octanol–water partition coefficient (Wildman–Crippen LogP) is 4.94. The second kappa shape index (κ2) is 10.3. The summed E-state index contributed by atoms with van der Waals surface area (Å²) < 4.78 is 0. The van der Waals surface area contributed by atoms with Crippen LogP contribution in [0.5, 0.6) is 0 Å². The Balaban J connectivity index is 1.34. The van der Waals surface area contributed by atoms with Crippen LogP contribution in [0.3, 0.4) is 0 Å². The van der Waals surface area contributed by atoms with Gasteiger partial charge in [-0.25, -0.2) is 0 Å². The monoisotopic (exact) mass is 472 g/mol. The van der Waals surface area contributed by atoms with E-state index in [0.29, 0.717) is 28.0 Å². The molecule has 0 spiro atoms. The molecule has 0 unspecified atom stereocenters. The maximum Gasteiger partial charge on any atom is 0.286 e. The topological polar surface area (TPSA) is 75.2 Å². The van der Waals surface area contributed by atoms with Crippen molar-refractivity contribution in [1.82, 2.24) is 15.1 Å². The summed E-state index contributed by atoms with van der Waals surface area (Å²) in [5.41, 5.74) is 0.650. The second-order valence-electron chi connectivity index (χ2n) is 7.19. The quantitative estimate of drug-likeness (QED) is 0.514. The van der Waals surface area contributed by atoms with Gasteiger partial charge in [0.2, 0.25) is 10.9 Å². The highest BCUT2D eigenvalue weighted by Gasteiger charge is 2.28. The van der Waals surface area contributed by atoms with Gasteiger partial charge >= 0.3 is 0 Å². The summed E-state index contributed by atoms with van der Waals surface area (Å²) in [6.45, 7) is 1.37. The summed E-state index contributed by atoms with van der Waals surface area (Å²) in [5.74, 6) is 0.355.